The summed E-state index contributed by atoms with van der Waals surface area (Å²) in [4.78, 5) is 39.6. The summed E-state index contributed by atoms with van der Waals surface area (Å²) in [5.41, 5.74) is 2.72. The SMILES string of the molecule is Cc1c(C2CCN(C(=O)OCc3ccccc3)CC2)oc2c(C=O)c(OCc3ccccc3)ccc2c1=O. The molecule has 0 N–H and O–H groups in total. The predicted octanol–water partition coefficient (Wildman–Crippen LogP) is 6.01. The molecule has 5 rings (SSSR count). The number of hydrogen-bond donors (Lipinski definition) is 0. The minimum atomic E-state index is -0.354. The molecule has 1 aliphatic rings. The molecular formula is C31H29NO6. The normalized spacial score (nSPS) is 13.9. The van der Waals surface area contributed by atoms with Crippen LogP contribution in [0.25, 0.3) is 11.0 Å². The third-order valence-corrected chi connectivity index (χ3v) is 7.01. The number of fused-ring (bicyclic) bond motifs is 1. The molecule has 2 heterocycles. The highest BCUT2D eigenvalue weighted by Crippen LogP contribution is 2.34. The molecule has 7 heteroatoms. The molecule has 1 amide bonds. The number of aldehydes is 1. The highest BCUT2D eigenvalue weighted by atomic mass is 16.6. The first kappa shape index (κ1) is 25.3. The zero-order valence-electron chi connectivity index (χ0n) is 21.2. The van der Waals surface area contributed by atoms with Crippen LogP contribution in [0, 0.1) is 6.92 Å². The predicted molar refractivity (Wildman–Crippen MR) is 144 cm³/mol. The lowest BCUT2D eigenvalue weighted by atomic mass is 9.91. The van der Waals surface area contributed by atoms with Gasteiger partial charge in [0.25, 0.3) is 0 Å². The van der Waals surface area contributed by atoms with Gasteiger partial charge in [0.05, 0.1) is 10.9 Å². The Labute approximate surface area is 220 Å². The number of nitrogens with zero attached hydrogens (tertiary/aromatic N) is 1. The van der Waals surface area contributed by atoms with Crippen molar-refractivity contribution in [2.75, 3.05) is 13.1 Å². The van der Waals surface area contributed by atoms with Crippen molar-refractivity contribution >= 4 is 23.3 Å². The zero-order valence-corrected chi connectivity index (χ0v) is 21.2. The summed E-state index contributed by atoms with van der Waals surface area (Å²) in [7, 11) is 0. The van der Waals surface area contributed by atoms with Crippen LogP contribution in [0.3, 0.4) is 0 Å². The number of carbonyl (C=O) groups is 2. The van der Waals surface area contributed by atoms with Gasteiger partial charge < -0.3 is 18.8 Å². The van der Waals surface area contributed by atoms with Crippen LogP contribution in [0.1, 0.15) is 51.6 Å². The van der Waals surface area contributed by atoms with Crippen LogP contribution in [0.5, 0.6) is 5.75 Å². The van der Waals surface area contributed by atoms with Gasteiger partial charge in [-0.05, 0) is 43.0 Å². The minimum absolute atomic E-state index is 0.0568. The van der Waals surface area contributed by atoms with E-state index >= 15 is 0 Å². The maximum absolute atomic E-state index is 13.2. The van der Waals surface area contributed by atoms with Gasteiger partial charge in [-0.2, -0.15) is 0 Å². The topological polar surface area (TPSA) is 86.1 Å². The Morgan fingerprint density at radius 3 is 2.21 bits per heavy atom. The van der Waals surface area contributed by atoms with Crippen LogP contribution in [0.2, 0.25) is 0 Å². The summed E-state index contributed by atoms with van der Waals surface area (Å²) in [5, 5.41) is 0.349. The Hall–Kier alpha value is -4.39. The van der Waals surface area contributed by atoms with Crippen LogP contribution >= 0.6 is 0 Å². The number of likely N-dealkylation sites (tertiary alicyclic amines) is 1. The molecule has 1 saturated heterocycles. The molecule has 38 heavy (non-hydrogen) atoms. The lowest BCUT2D eigenvalue weighted by Crippen LogP contribution is -2.38. The molecule has 1 aliphatic heterocycles. The molecule has 4 aromatic rings. The summed E-state index contributed by atoms with van der Waals surface area (Å²) in [6.07, 6.45) is 1.57. The summed E-state index contributed by atoms with van der Waals surface area (Å²) < 4.78 is 17.7. The second-order valence-electron chi connectivity index (χ2n) is 9.47. The van der Waals surface area contributed by atoms with Gasteiger partial charge >= 0.3 is 6.09 Å². The quantitative estimate of drug-likeness (QED) is 0.283. The average Bonchev–Trinajstić information content (AvgIpc) is 2.97. The van der Waals surface area contributed by atoms with Gasteiger partial charge in [-0.15, -0.1) is 0 Å². The largest absolute Gasteiger partial charge is 0.488 e. The second kappa shape index (κ2) is 11.3. The Bertz CT molecular complexity index is 1490. The van der Waals surface area contributed by atoms with E-state index in [4.69, 9.17) is 13.9 Å². The van der Waals surface area contributed by atoms with Crippen molar-refractivity contribution < 1.29 is 23.5 Å². The highest BCUT2D eigenvalue weighted by molar-refractivity contribution is 5.97. The molecule has 0 bridgehead atoms. The van der Waals surface area contributed by atoms with Crippen molar-refractivity contribution in [2.24, 2.45) is 0 Å². The second-order valence-corrected chi connectivity index (χ2v) is 9.47. The fourth-order valence-electron chi connectivity index (χ4n) is 4.87. The fourth-order valence-corrected chi connectivity index (χ4v) is 4.87. The van der Waals surface area contributed by atoms with Crippen molar-refractivity contribution in [3.63, 3.8) is 0 Å². The van der Waals surface area contributed by atoms with Crippen LogP contribution < -0.4 is 10.2 Å². The standard InChI is InChI=1S/C31H29NO6/c1-21-28(34)25-12-13-27(36-19-22-8-4-2-5-9-22)26(18-33)30(25)38-29(21)24-14-16-32(17-15-24)31(35)37-20-23-10-6-3-7-11-23/h2-13,18,24H,14-17,19-20H2,1H3. The molecular weight excluding hydrogens is 482 g/mol. The van der Waals surface area contributed by atoms with Gasteiger partial charge in [-0.25, -0.2) is 4.79 Å². The molecule has 1 aromatic heterocycles. The van der Waals surface area contributed by atoms with Crippen molar-refractivity contribution in [2.45, 2.75) is 38.9 Å². The smallest absolute Gasteiger partial charge is 0.410 e. The van der Waals surface area contributed by atoms with Crippen LogP contribution in [0.4, 0.5) is 4.79 Å². The van der Waals surface area contributed by atoms with Gasteiger partial charge in [-0.1, -0.05) is 60.7 Å². The van der Waals surface area contributed by atoms with Gasteiger partial charge in [0, 0.05) is 24.6 Å². The third kappa shape index (κ3) is 5.32. The Morgan fingerprint density at radius 1 is 0.947 bits per heavy atom. The maximum Gasteiger partial charge on any atom is 0.410 e. The molecule has 0 aliphatic carbocycles. The number of carbonyl (C=O) groups excluding carboxylic acids is 2. The molecule has 0 atom stereocenters. The molecule has 0 spiro atoms. The number of hydrogen-bond acceptors (Lipinski definition) is 6. The van der Waals surface area contributed by atoms with Crippen LogP contribution in [0.15, 0.2) is 82.0 Å². The maximum atomic E-state index is 13.2. The first-order valence-electron chi connectivity index (χ1n) is 12.7. The number of rotatable bonds is 7. The molecule has 3 aromatic carbocycles. The molecule has 0 radical (unpaired) electrons. The van der Waals surface area contributed by atoms with E-state index in [1.54, 1.807) is 24.0 Å². The van der Waals surface area contributed by atoms with Crippen molar-refractivity contribution in [1.82, 2.24) is 4.90 Å². The summed E-state index contributed by atoms with van der Waals surface area (Å²) in [5.74, 6) is 0.868. The van der Waals surface area contributed by atoms with Gasteiger partial charge in [0.1, 0.15) is 24.7 Å². The molecule has 194 valence electrons. The Morgan fingerprint density at radius 2 is 1.58 bits per heavy atom. The Kier molecular flexibility index (Phi) is 7.54. The minimum Gasteiger partial charge on any atom is -0.488 e. The van der Waals surface area contributed by atoms with Crippen LogP contribution in [-0.2, 0) is 18.0 Å². The van der Waals surface area contributed by atoms with E-state index in [2.05, 4.69) is 0 Å². The van der Waals surface area contributed by atoms with E-state index in [1.807, 2.05) is 60.7 Å². The molecule has 0 saturated carbocycles. The summed E-state index contributed by atoms with van der Waals surface area (Å²) in [6, 6.07) is 22.5. The van der Waals surface area contributed by atoms with Crippen molar-refractivity contribution in [3.8, 4) is 5.75 Å². The number of benzene rings is 3. The van der Waals surface area contributed by atoms with E-state index in [0.717, 1.165) is 11.1 Å². The first-order valence-corrected chi connectivity index (χ1v) is 12.7. The average molecular weight is 512 g/mol. The van der Waals surface area contributed by atoms with E-state index in [0.29, 0.717) is 54.7 Å². The lowest BCUT2D eigenvalue weighted by Gasteiger charge is -2.31. The van der Waals surface area contributed by atoms with E-state index in [1.165, 1.54) is 0 Å². The first-order chi connectivity index (χ1) is 18.5. The van der Waals surface area contributed by atoms with Crippen molar-refractivity contribution in [3.05, 3.63) is 111 Å². The third-order valence-electron chi connectivity index (χ3n) is 7.01. The fraction of sp³-hybridized carbons (Fsp3) is 0.258. The Balaban J connectivity index is 1.33. The van der Waals surface area contributed by atoms with E-state index < -0.39 is 0 Å². The lowest BCUT2D eigenvalue weighted by molar-refractivity contribution is 0.0858. The highest BCUT2D eigenvalue weighted by Gasteiger charge is 2.29. The number of piperidine rings is 1. The molecule has 7 nitrogen and oxygen atoms in total. The number of amides is 1. The van der Waals surface area contributed by atoms with Gasteiger partial charge in [0.2, 0.25) is 0 Å². The van der Waals surface area contributed by atoms with E-state index in [-0.39, 0.29) is 41.8 Å². The molecule has 1 fully saturated rings. The molecule has 0 unspecified atom stereocenters. The van der Waals surface area contributed by atoms with Gasteiger partial charge in [0.15, 0.2) is 17.3 Å². The van der Waals surface area contributed by atoms with Crippen LogP contribution in [-0.4, -0.2) is 30.4 Å². The number of ether oxygens (including phenoxy) is 2. The summed E-state index contributed by atoms with van der Waals surface area (Å²) in [6.45, 7) is 3.23. The van der Waals surface area contributed by atoms with Gasteiger partial charge in [-0.3, -0.25) is 9.59 Å². The summed E-state index contributed by atoms with van der Waals surface area (Å²) >= 11 is 0. The zero-order chi connectivity index (χ0) is 26.5. The van der Waals surface area contributed by atoms with Crippen molar-refractivity contribution in [1.29, 1.82) is 0 Å². The monoisotopic (exact) mass is 511 g/mol. The van der Waals surface area contributed by atoms with E-state index in [9.17, 15) is 14.4 Å².